The number of amidine groups is 1. The van der Waals surface area contributed by atoms with Crippen molar-refractivity contribution in [2.24, 2.45) is 33.9 Å². The fourth-order valence-corrected chi connectivity index (χ4v) is 7.40. The van der Waals surface area contributed by atoms with Crippen molar-refractivity contribution in [3.63, 3.8) is 0 Å². The summed E-state index contributed by atoms with van der Waals surface area (Å²) in [5.41, 5.74) is 10.7. The van der Waals surface area contributed by atoms with Gasteiger partial charge in [-0.2, -0.15) is 0 Å². The first-order chi connectivity index (χ1) is 22.5. The summed E-state index contributed by atoms with van der Waals surface area (Å²) in [6, 6.07) is 12.0. The van der Waals surface area contributed by atoms with E-state index in [-0.39, 0.29) is 76.4 Å². The third kappa shape index (κ3) is 8.10. The Morgan fingerprint density at radius 3 is 2.29 bits per heavy atom. The maximum absolute atomic E-state index is 14.3. The fraction of sp³-hybridized carbons (Fsp3) is 0.438. The number of hydrogen-bond acceptors (Lipinski definition) is 10. The van der Waals surface area contributed by atoms with Crippen LogP contribution in [-0.4, -0.2) is 72.1 Å². The Morgan fingerprint density at radius 1 is 1.08 bits per heavy atom. The van der Waals surface area contributed by atoms with Crippen LogP contribution >= 0.6 is 0 Å². The van der Waals surface area contributed by atoms with Gasteiger partial charge < -0.3 is 30.5 Å². The number of nitrogens with two attached hydrogens (primary N) is 2. The maximum Gasteiger partial charge on any atom is 0.404 e. The number of primary amides is 1. The molecule has 0 saturated carbocycles. The summed E-state index contributed by atoms with van der Waals surface area (Å²) in [7, 11) is -3.86. The highest BCUT2D eigenvalue weighted by atomic mass is 32.2. The molecule has 1 atom stereocenters. The lowest BCUT2D eigenvalue weighted by molar-refractivity contribution is -0.383. The molecule has 4 rings (SSSR count). The minimum Gasteiger partial charge on any atom is -0.449 e. The van der Waals surface area contributed by atoms with Crippen molar-refractivity contribution >= 4 is 50.2 Å². The number of benzene rings is 2. The van der Waals surface area contributed by atoms with Crippen LogP contribution in [-0.2, 0) is 30.8 Å². The Kier molecular flexibility index (Phi) is 10.8. The molecule has 2 amide bonds. The summed E-state index contributed by atoms with van der Waals surface area (Å²) in [6.07, 6.45) is 0.216. The van der Waals surface area contributed by atoms with Gasteiger partial charge in [-0.3, -0.25) is 14.9 Å². The number of aromatic nitrogens is 1. The van der Waals surface area contributed by atoms with Crippen LogP contribution in [0, 0.1) is 27.4 Å². The van der Waals surface area contributed by atoms with Crippen molar-refractivity contribution in [3.05, 3.63) is 69.9 Å². The van der Waals surface area contributed by atoms with E-state index in [4.69, 9.17) is 16.2 Å². The van der Waals surface area contributed by atoms with E-state index in [2.05, 4.69) is 9.99 Å². The zero-order chi connectivity index (χ0) is 35.4. The third-order valence-electron chi connectivity index (χ3n) is 8.59. The van der Waals surface area contributed by atoms with Crippen LogP contribution in [0.25, 0.3) is 10.9 Å². The number of piperidine rings is 1. The van der Waals surface area contributed by atoms with Gasteiger partial charge in [0.25, 0.3) is 5.91 Å². The average Bonchev–Trinajstić information content (AvgIpc) is 3.36. The summed E-state index contributed by atoms with van der Waals surface area (Å²) in [5, 5.41) is 16.3. The Balaban J connectivity index is 1.76. The number of amides is 2. The van der Waals surface area contributed by atoms with Gasteiger partial charge in [-0.05, 0) is 48.4 Å². The van der Waals surface area contributed by atoms with Crippen LogP contribution in [0.3, 0.4) is 0 Å². The van der Waals surface area contributed by atoms with Gasteiger partial charge in [0.15, 0.2) is 21.4 Å². The molecular weight excluding hydrogens is 644 g/mol. The van der Waals surface area contributed by atoms with E-state index in [9.17, 15) is 32.9 Å². The molecule has 15 nitrogen and oxygen atoms in total. The second-order valence-corrected chi connectivity index (χ2v) is 14.9. The molecule has 4 N–H and O–H groups in total. The monoisotopic (exact) mass is 684 g/mol. The molecule has 0 aliphatic carbocycles. The summed E-state index contributed by atoms with van der Waals surface area (Å²) >= 11 is 0. The maximum atomic E-state index is 14.3. The zero-order valence-electron chi connectivity index (χ0n) is 27.2. The molecule has 2 heterocycles. The molecule has 0 spiro atoms. The van der Waals surface area contributed by atoms with Crippen LogP contribution in [0.2, 0.25) is 0 Å². The lowest BCUT2D eigenvalue weighted by Crippen LogP contribution is -2.44. The van der Waals surface area contributed by atoms with Gasteiger partial charge in [-0.25, -0.2) is 18.0 Å². The summed E-state index contributed by atoms with van der Waals surface area (Å²) < 4.78 is 33.1. The van der Waals surface area contributed by atoms with E-state index in [1.807, 2.05) is 20.8 Å². The van der Waals surface area contributed by atoms with Crippen LogP contribution in [0.15, 0.2) is 58.6 Å². The SMILES string of the molecule is CC(=O)ON=C(N)c1ccc2c([N+](=O)[O-])c(C(=O)N3CCC(C(COC(N)=O)C(C)(C)C)CC3)n(CCS(=O)(=O)c3ccccc3)c2c1. The quantitative estimate of drug-likeness (QED) is 0.0977. The predicted octanol–water partition coefficient (Wildman–Crippen LogP) is 3.82. The summed E-state index contributed by atoms with van der Waals surface area (Å²) in [6.45, 7) is 7.59. The fourth-order valence-electron chi connectivity index (χ4n) is 6.17. The highest BCUT2D eigenvalue weighted by Crippen LogP contribution is 2.39. The molecule has 1 saturated heterocycles. The van der Waals surface area contributed by atoms with Crippen molar-refractivity contribution in [2.45, 2.75) is 52.0 Å². The van der Waals surface area contributed by atoms with Gasteiger partial charge in [-0.1, -0.05) is 50.2 Å². The number of likely N-dealkylation sites (tertiary alicyclic amines) is 1. The number of aryl methyl sites for hydroxylation is 1. The number of rotatable bonds is 11. The van der Waals surface area contributed by atoms with Crippen molar-refractivity contribution in [1.82, 2.24) is 9.47 Å². The lowest BCUT2D eigenvalue weighted by Gasteiger charge is -2.41. The molecule has 1 unspecified atom stereocenters. The molecular formula is C32H40N6O9S. The third-order valence-corrected chi connectivity index (χ3v) is 10.3. The number of carbonyl (C=O) groups excluding carboxylic acids is 3. The van der Waals surface area contributed by atoms with Gasteiger partial charge in [0.1, 0.15) is 0 Å². The topological polar surface area (TPSA) is 220 Å². The van der Waals surface area contributed by atoms with E-state index in [1.54, 1.807) is 18.2 Å². The molecule has 1 aliphatic rings. The van der Waals surface area contributed by atoms with Crippen LogP contribution in [0.4, 0.5) is 10.5 Å². The van der Waals surface area contributed by atoms with Crippen molar-refractivity contribution in [3.8, 4) is 0 Å². The number of nitrogens with zero attached hydrogens (tertiary/aromatic N) is 4. The van der Waals surface area contributed by atoms with Crippen LogP contribution < -0.4 is 11.5 Å². The van der Waals surface area contributed by atoms with Gasteiger partial charge in [0, 0.05) is 38.0 Å². The van der Waals surface area contributed by atoms with Gasteiger partial charge in [0.05, 0.1) is 33.1 Å². The zero-order valence-corrected chi connectivity index (χ0v) is 28.1. The van der Waals surface area contributed by atoms with Crippen LogP contribution in [0.1, 0.15) is 56.6 Å². The van der Waals surface area contributed by atoms with Crippen LogP contribution in [0.5, 0.6) is 0 Å². The smallest absolute Gasteiger partial charge is 0.404 e. The van der Waals surface area contributed by atoms with E-state index in [0.717, 1.165) is 6.92 Å². The minimum atomic E-state index is -3.86. The molecule has 1 aliphatic heterocycles. The first kappa shape index (κ1) is 35.9. The highest BCUT2D eigenvalue weighted by molar-refractivity contribution is 7.91. The Morgan fingerprint density at radius 2 is 1.73 bits per heavy atom. The lowest BCUT2D eigenvalue weighted by atomic mass is 9.70. The molecule has 16 heteroatoms. The molecule has 2 aromatic carbocycles. The normalized spacial score (nSPS) is 15.2. The van der Waals surface area contributed by atoms with Gasteiger partial charge in [0.2, 0.25) is 0 Å². The summed E-state index contributed by atoms with van der Waals surface area (Å²) in [4.78, 5) is 55.0. The molecule has 1 aromatic heterocycles. The second-order valence-electron chi connectivity index (χ2n) is 12.8. The average molecular weight is 685 g/mol. The first-order valence-electron chi connectivity index (χ1n) is 15.3. The number of sulfone groups is 1. The minimum absolute atomic E-state index is 0.0521. The Labute approximate surface area is 277 Å². The van der Waals surface area contributed by atoms with Gasteiger partial charge in [-0.15, -0.1) is 0 Å². The molecule has 0 radical (unpaired) electrons. The standard InChI is InChI=1S/C32H40N6O9S/c1-20(39)47-35-29(33)22-10-11-24-26(18-22)37(16-17-48(44,45)23-8-6-5-7-9-23)28(27(24)38(42)43)30(40)36-14-12-21(13-15-36)25(32(2,3)4)19-46-31(34)41/h5-11,18,21,25H,12-17,19H2,1-4H3,(H2,33,35)(H2,34,41). The number of nitro groups is 1. The molecule has 1 fully saturated rings. The van der Waals surface area contributed by atoms with Crippen molar-refractivity contribution < 1.29 is 37.3 Å². The van der Waals surface area contributed by atoms with Gasteiger partial charge >= 0.3 is 17.7 Å². The molecule has 0 bridgehead atoms. The van der Waals surface area contributed by atoms with Crippen molar-refractivity contribution in [1.29, 1.82) is 0 Å². The number of carbonyl (C=O) groups is 3. The van der Waals surface area contributed by atoms with E-state index >= 15 is 0 Å². The van der Waals surface area contributed by atoms with E-state index in [1.165, 1.54) is 39.8 Å². The predicted molar refractivity (Wildman–Crippen MR) is 177 cm³/mol. The molecule has 48 heavy (non-hydrogen) atoms. The Hall–Kier alpha value is -4.99. The largest absolute Gasteiger partial charge is 0.449 e. The second kappa shape index (κ2) is 14.4. The number of hydrogen-bond donors (Lipinski definition) is 2. The Bertz CT molecular complexity index is 1840. The summed E-state index contributed by atoms with van der Waals surface area (Å²) in [5.74, 6) is -1.99. The number of ether oxygens (including phenoxy) is 1. The number of oxime groups is 1. The number of fused-ring (bicyclic) bond motifs is 1. The first-order valence-corrected chi connectivity index (χ1v) is 17.0. The molecule has 258 valence electrons. The molecule has 3 aromatic rings. The van der Waals surface area contributed by atoms with E-state index in [0.29, 0.717) is 12.8 Å². The highest BCUT2D eigenvalue weighted by Gasteiger charge is 2.39. The van der Waals surface area contributed by atoms with Crippen molar-refractivity contribution in [2.75, 3.05) is 25.4 Å². The van der Waals surface area contributed by atoms with E-state index < -0.39 is 44.2 Å².